The number of carbonyl (C=O) groups is 1. The van der Waals surface area contributed by atoms with Gasteiger partial charge in [0.25, 0.3) is 0 Å². The zero-order chi connectivity index (χ0) is 20.6. The molecule has 0 saturated carbocycles. The van der Waals surface area contributed by atoms with Crippen LogP contribution in [0.5, 0.6) is 0 Å². The second-order valence-corrected chi connectivity index (χ2v) is 8.43. The first-order chi connectivity index (χ1) is 14.7. The Morgan fingerprint density at radius 3 is 2.43 bits per heavy atom. The molecule has 5 rings (SSSR count). The largest absolute Gasteiger partial charge is 0.381 e. The molecular weight excluding hydrogens is 378 g/mol. The summed E-state index contributed by atoms with van der Waals surface area (Å²) < 4.78 is 9.97. The Bertz CT molecular complexity index is 1010. The molecule has 2 saturated heterocycles. The molecule has 4 heterocycles. The highest BCUT2D eigenvalue weighted by Crippen LogP contribution is 2.34. The monoisotopic (exact) mass is 407 g/mol. The lowest BCUT2D eigenvalue weighted by Crippen LogP contribution is -2.51. The molecule has 2 aliphatic rings. The Morgan fingerprint density at radius 1 is 1.03 bits per heavy atom. The smallest absolute Gasteiger partial charge is 0.225 e. The number of hydrogen-bond donors (Lipinski definition) is 0. The number of rotatable bonds is 4. The molecule has 0 spiro atoms. The predicted molar refractivity (Wildman–Crippen MR) is 117 cm³/mol. The molecule has 30 heavy (non-hydrogen) atoms. The van der Waals surface area contributed by atoms with Crippen LogP contribution in [0.3, 0.4) is 0 Å². The quantitative estimate of drug-likeness (QED) is 0.667. The molecule has 0 aliphatic carbocycles. The fourth-order valence-corrected chi connectivity index (χ4v) is 4.89. The highest BCUT2D eigenvalue weighted by Gasteiger charge is 2.38. The van der Waals surface area contributed by atoms with Crippen molar-refractivity contribution in [2.24, 2.45) is 7.05 Å². The van der Waals surface area contributed by atoms with Gasteiger partial charge in [0.05, 0.1) is 23.0 Å². The molecule has 0 unspecified atom stereocenters. The van der Waals surface area contributed by atoms with E-state index in [1.807, 2.05) is 35.2 Å². The zero-order valence-electron chi connectivity index (χ0n) is 17.5. The van der Waals surface area contributed by atoms with Crippen LogP contribution in [-0.4, -0.2) is 64.3 Å². The lowest BCUT2D eigenvalue weighted by molar-refractivity contribution is -0.135. The lowest BCUT2D eigenvalue weighted by Gasteiger charge is -2.41. The minimum Gasteiger partial charge on any atom is -0.381 e. The van der Waals surface area contributed by atoms with Crippen molar-refractivity contribution in [3.8, 4) is 0 Å². The number of hydrogen-bond acceptors (Lipinski definition) is 4. The highest BCUT2D eigenvalue weighted by molar-refractivity contribution is 5.79. The van der Waals surface area contributed by atoms with E-state index in [-0.39, 0.29) is 11.4 Å². The molecule has 2 aromatic heterocycles. The Balaban J connectivity index is 1.27. The van der Waals surface area contributed by atoms with Crippen LogP contribution < -0.4 is 4.90 Å². The summed E-state index contributed by atoms with van der Waals surface area (Å²) in [6, 6.07) is 12.3. The maximum absolute atomic E-state index is 13.3. The van der Waals surface area contributed by atoms with Crippen LogP contribution in [0, 0.1) is 0 Å². The summed E-state index contributed by atoms with van der Waals surface area (Å²) in [7, 11) is 2.06. The summed E-state index contributed by atoms with van der Waals surface area (Å²) in [6.07, 6.45) is 6.47. The molecule has 2 fully saturated rings. The number of fused-ring (bicyclic) bond motifs is 1. The minimum absolute atomic E-state index is 0.159. The fourth-order valence-electron chi connectivity index (χ4n) is 4.89. The number of piperazine rings is 1. The van der Waals surface area contributed by atoms with Crippen molar-refractivity contribution in [2.45, 2.75) is 24.8 Å². The summed E-state index contributed by atoms with van der Waals surface area (Å²) in [5, 5.41) is 0. The van der Waals surface area contributed by atoms with Crippen LogP contribution in [0.2, 0.25) is 0 Å². The van der Waals surface area contributed by atoms with Gasteiger partial charge in [-0.05, 0) is 37.1 Å². The highest BCUT2D eigenvalue weighted by atomic mass is 16.5. The van der Waals surface area contributed by atoms with Crippen LogP contribution in [0.4, 0.5) is 5.95 Å². The van der Waals surface area contributed by atoms with Crippen molar-refractivity contribution in [1.29, 1.82) is 0 Å². The maximum atomic E-state index is 13.3. The van der Waals surface area contributed by atoms with Gasteiger partial charge in [-0.15, -0.1) is 0 Å². The van der Waals surface area contributed by atoms with Gasteiger partial charge in [0.15, 0.2) is 0 Å². The third-order valence-electron chi connectivity index (χ3n) is 6.73. The summed E-state index contributed by atoms with van der Waals surface area (Å²) in [5.41, 5.74) is 1.99. The van der Waals surface area contributed by atoms with Crippen molar-refractivity contribution in [1.82, 2.24) is 19.0 Å². The molecule has 1 aromatic carbocycles. The van der Waals surface area contributed by atoms with Gasteiger partial charge in [0.1, 0.15) is 0 Å². The second-order valence-electron chi connectivity index (χ2n) is 8.43. The van der Waals surface area contributed by atoms with Gasteiger partial charge in [0.2, 0.25) is 11.9 Å². The van der Waals surface area contributed by atoms with E-state index in [0.29, 0.717) is 19.6 Å². The summed E-state index contributed by atoms with van der Waals surface area (Å²) in [4.78, 5) is 22.4. The van der Waals surface area contributed by atoms with Crippen LogP contribution in [0.1, 0.15) is 19.3 Å². The Kier molecular flexibility index (Phi) is 4.98. The van der Waals surface area contributed by atoms with Crippen molar-refractivity contribution in [2.75, 3.05) is 44.3 Å². The van der Waals surface area contributed by atoms with Crippen molar-refractivity contribution in [3.63, 3.8) is 0 Å². The summed E-state index contributed by atoms with van der Waals surface area (Å²) >= 11 is 0. The maximum Gasteiger partial charge on any atom is 0.225 e. The number of aryl methyl sites for hydroxylation is 1. The topological polar surface area (TPSA) is 55.5 Å². The second kappa shape index (κ2) is 7.80. The first-order valence-corrected chi connectivity index (χ1v) is 10.8. The van der Waals surface area contributed by atoms with Gasteiger partial charge < -0.3 is 23.7 Å². The number of amides is 1. The molecule has 2 aliphatic heterocycles. The first kappa shape index (κ1) is 19.2. The van der Waals surface area contributed by atoms with E-state index >= 15 is 0 Å². The van der Waals surface area contributed by atoms with E-state index in [4.69, 9.17) is 9.72 Å². The number of carbonyl (C=O) groups excluding carboxylic acids is 1. The van der Waals surface area contributed by atoms with Crippen LogP contribution in [0.25, 0.3) is 11.0 Å². The third kappa shape index (κ3) is 3.37. The molecule has 1 amide bonds. The van der Waals surface area contributed by atoms with E-state index in [2.05, 4.69) is 39.5 Å². The van der Waals surface area contributed by atoms with Crippen molar-refractivity contribution < 1.29 is 9.53 Å². The molecule has 0 atom stereocenters. The molecule has 0 radical (unpaired) electrons. The number of benzene rings is 1. The van der Waals surface area contributed by atoms with Gasteiger partial charge in [-0.25, -0.2) is 4.98 Å². The molecule has 7 heteroatoms. The molecule has 158 valence electrons. The predicted octanol–water partition coefficient (Wildman–Crippen LogP) is 2.62. The molecule has 0 bridgehead atoms. The van der Waals surface area contributed by atoms with Crippen molar-refractivity contribution >= 4 is 22.9 Å². The van der Waals surface area contributed by atoms with E-state index in [1.165, 1.54) is 0 Å². The van der Waals surface area contributed by atoms with Gasteiger partial charge in [-0.3, -0.25) is 4.79 Å². The Morgan fingerprint density at radius 2 is 1.73 bits per heavy atom. The third-order valence-corrected chi connectivity index (χ3v) is 6.73. The number of imidazole rings is 1. The normalized spacial score (nSPS) is 19.4. The fraction of sp³-hybridized carbons (Fsp3) is 0.478. The Labute approximate surface area is 176 Å². The van der Waals surface area contributed by atoms with Gasteiger partial charge in [-0.1, -0.05) is 12.1 Å². The molecule has 7 nitrogen and oxygen atoms in total. The molecule has 0 N–H and O–H groups in total. The molecular formula is C23H29N5O2. The standard InChI is InChI=1S/C23H29N5O2/c1-25-20-7-3-2-6-19(20)24-22(25)27-14-12-26(13-15-27)21(29)18-23(8-16-30-17-9-23)28-10-4-5-11-28/h2-7,10-11H,8-9,12-18H2,1H3. The average molecular weight is 408 g/mol. The van der Waals surface area contributed by atoms with Gasteiger partial charge in [0, 0.05) is 58.8 Å². The van der Waals surface area contributed by atoms with E-state index in [0.717, 1.165) is 56.0 Å². The average Bonchev–Trinajstić information content (AvgIpc) is 3.44. The van der Waals surface area contributed by atoms with Gasteiger partial charge >= 0.3 is 0 Å². The van der Waals surface area contributed by atoms with Gasteiger partial charge in [-0.2, -0.15) is 0 Å². The zero-order valence-corrected chi connectivity index (χ0v) is 17.5. The minimum atomic E-state index is -0.159. The number of anilines is 1. The number of para-hydroxylation sites is 2. The Hall–Kier alpha value is -2.80. The summed E-state index contributed by atoms with van der Waals surface area (Å²) in [6.45, 7) is 4.52. The number of nitrogens with zero attached hydrogens (tertiary/aromatic N) is 5. The van der Waals surface area contributed by atoms with E-state index in [9.17, 15) is 4.79 Å². The van der Waals surface area contributed by atoms with Crippen LogP contribution >= 0.6 is 0 Å². The van der Waals surface area contributed by atoms with E-state index in [1.54, 1.807) is 0 Å². The number of aromatic nitrogens is 3. The number of ether oxygens (including phenoxy) is 1. The SMILES string of the molecule is Cn1c(N2CCN(C(=O)CC3(n4cccc4)CCOCC3)CC2)nc2ccccc21. The van der Waals surface area contributed by atoms with Crippen LogP contribution in [-0.2, 0) is 22.1 Å². The summed E-state index contributed by atoms with van der Waals surface area (Å²) in [5.74, 6) is 1.23. The van der Waals surface area contributed by atoms with E-state index < -0.39 is 0 Å². The first-order valence-electron chi connectivity index (χ1n) is 10.8. The van der Waals surface area contributed by atoms with Crippen molar-refractivity contribution in [3.05, 3.63) is 48.8 Å². The lowest BCUT2D eigenvalue weighted by atomic mass is 9.85. The van der Waals surface area contributed by atoms with Crippen LogP contribution in [0.15, 0.2) is 48.8 Å². The molecule has 3 aromatic rings.